The van der Waals surface area contributed by atoms with Crippen LogP contribution in [-0.4, -0.2) is 17.3 Å². The van der Waals surface area contributed by atoms with Crippen LogP contribution in [0.4, 0.5) is 8.78 Å². The zero-order valence-corrected chi connectivity index (χ0v) is 12.0. The third kappa shape index (κ3) is 3.52. The fraction of sp³-hybridized carbons (Fsp3) is 0.250. The number of aliphatic hydroxyl groups is 2. The summed E-state index contributed by atoms with van der Waals surface area (Å²) in [5.74, 6) is -1.11. The number of rotatable bonds is 6. The van der Waals surface area contributed by atoms with Crippen LogP contribution in [0.25, 0.3) is 0 Å². The second-order valence-corrected chi connectivity index (χ2v) is 4.63. The molecule has 0 unspecified atom stereocenters. The molecular formula is C16H16F2O4. The van der Waals surface area contributed by atoms with Crippen LogP contribution in [0.1, 0.15) is 16.7 Å². The number of aliphatic hydroxyl groups excluding tert-OH is 2. The third-order valence-electron chi connectivity index (χ3n) is 3.16. The van der Waals surface area contributed by atoms with Crippen LogP contribution in [0.2, 0.25) is 0 Å². The van der Waals surface area contributed by atoms with E-state index in [2.05, 4.69) is 0 Å². The molecule has 2 aromatic carbocycles. The van der Waals surface area contributed by atoms with E-state index in [-0.39, 0.29) is 19.8 Å². The molecule has 0 aromatic heterocycles. The lowest BCUT2D eigenvalue weighted by atomic mass is 10.1. The molecule has 0 atom stereocenters. The maximum atomic E-state index is 13.2. The van der Waals surface area contributed by atoms with Gasteiger partial charge in [-0.15, -0.1) is 0 Å². The van der Waals surface area contributed by atoms with Crippen molar-refractivity contribution in [3.05, 3.63) is 58.7 Å². The topological polar surface area (TPSA) is 58.9 Å². The maximum absolute atomic E-state index is 13.2. The van der Waals surface area contributed by atoms with Crippen LogP contribution < -0.4 is 9.47 Å². The monoisotopic (exact) mass is 310 g/mol. The van der Waals surface area contributed by atoms with Gasteiger partial charge in [-0.1, -0.05) is 6.07 Å². The fourth-order valence-corrected chi connectivity index (χ4v) is 2.05. The van der Waals surface area contributed by atoms with Crippen LogP contribution in [-0.2, 0) is 19.8 Å². The first-order valence-electron chi connectivity index (χ1n) is 6.57. The van der Waals surface area contributed by atoms with Gasteiger partial charge in [0.1, 0.15) is 18.1 Å². The molecule has 118 valence electrons. The highest BCUT2D eigenvalue weighted by Gasteiger charge is 2.13. The van der Waals surface area contributed by atoms with Crippen molar-refractivity contribution in [2.24, 2.45) is 0 Å². The first-order valence-corrected chi connectivity index (χ1v) is 6.57. The van der Waals surface area contributed by atoms with Crippen LogP contribution in [0.3, 0.4) is 0 Å². The van der Waals surface area contributed by atoms with E-state index in [9.17, 15) is 19.0 Å². The molecule has 22 heavy (non-hydrogen) atoms. The molecule has 0 saturated carbocycles. The van der Waals surface area contributed by atoms with Gasteiger partial charge in [0.2, 0.25) is 0 Å². The molecule has 2 N–H and O–H groups in total. The largest absolute Gasteiger partial charge is 0.497 e. The predicted molar refractivity (Wildman–Crippen MR) is 75.5 cm³/mol. The summed E-state index contributed by atoms with van der Waals surface area (Å²) in [7, 11) is 1.47. The molecule has 0 aliphatic carbocycles. The summed E-state index contributed by atoms with van der Waals surface area (Å²) in [4.78, 5) is 0. The molecule has 0 heterocycles. The minimum Gasteiger partial charge on any atom is -0.497 e. The van der Waals surface area contributed by atoms with Crippen molar-refractivity contribution in [1.82, 2.24) is 0 Å². The highest BCUT2D eigenvalue weighted by Crippen LogP contribution is 2.30. The summed E-state index contributed by atoms with van der Waals surface area (Å²) in [6.45, 7) is -0.641. The highest BCUT2D eigenvalue weighted by atomic mass is 19.2. The maximum Gasteiger partial charge on any atom is 0.159 e. The van der Waals surface area contributed by atoms with Crippen molar-refractivity contribution in [2.45, 2.75) is 19.8 Å². The molecule has 0 aliphatic heterocycles. The summed E-state index contributed by atoms with van der Waals surface area (Å²) in [5, 5.41) is 18.8. The second-order valence-electron chi connectivity index (χ2n) is 4.63. The Morgan fingerprint density at radius 2 is 1.59 bits per heavy atom. The Bertz CT molecular complexity index is 634. The van der Waals surface area contributed by atoms with Gasteiger partial charge in [0.15, 0.2) is 11.6 Å². The van der Waals surface area contributed by atoms with Gasteiger partial charge < -0.3 is 19.7 Å². The van der Waals surface area contributed by atoms with Crippen molar-refractivity contribution in [1.29, 1.82) is 0 Å². The molecule has 0 radical (unpaired) electrons. The zero-order chi connectivity index (χ0) is 16.1. The minimum atomic E-state index is -0.958. The summed E-state index contributed by atoms with van der Waals surface area (Å²) in [6, 6.07) is 6.62. The number of hydrogen-bond donors (Lipinski definition) is 2. The van der Waals surface area contributed by atoms with Gasteiger partial charge in [-0.25, -0.2) is 8.78 Å². The summed E-state index contributed by atoms with van der Waals surface area (Å²) in [6.07, 6.45) is 0. The van der Waals surface area contributed by atoms with E-state index in [1.807, 2.05) is 0 Å². The minimum absolute atomic E-state index is 0.0243. The van der Waals surface area contributed by atoms with E-state index in [4.69, 9.17) is 9.47 Å². The molecule has 0 saturated heterocycles. The third-order valence-corrected chi connectivity index (χ3v) is 3.16. The lowest BCUT2D eigenvalue weighted by Crippen LogP contribution is -2.04. The van der Waals surface area contributed by atoms with Crippen molar-refractivity contribution in [3.63, 3.8) is 0 Å². The van der Waals surface area contributed by atoms with E-state index >= 15 is 0 Å². The predicted octanol–water partition coefficient (Wildman–Crippen LogP) is 2.54. The molecule has 0 bridgehead atoms. The van der Waals surface area contributed by atoms with Crippen LogP contribution in [0.5, 0.6) is 11.5 Å². The SMILES string of the molecule is COc1cc(CO)c(OCc2ccc(F)c(F)c2)c(CO)c1. The molecule has 0 spiro atoms. The highest BCUT2D eigenvalue weighted by molar-refractivity contribution is 5.47. The van der Waals surface area contributed by atoms with Gasteiger partial charge in [0.05, 0.1) is 20.3 Å². The molecule has 2 aromatic rings. The Morgan fingerprint density at radius 1 is 0.955 bits per heavy atom. The van der Waals surface area contributed by atoms with Crippen molar-refractivity contribution < 1.29 is 28.5 Å². The summed E-state index contributed by atoms with van der Waals surface area (Å²) < 4.78 is 36.7. The zero-order valence-electron chi connectivity index (χ0n) is 12.0. The lowest BCUT2D eigenvalue weighted by molar-refractivity contribution is 0.241. The van der Waals surface area contributed by atoms with E-state index in [1.54, 1.807) is 12.1 Å². The van der Waals surface area contributed by atoms with Gasteiger partial charge in [0.25, 0.3) is 0 Å². The molecular weight excluding hydrogens is 294 g/mol. The number of methoxy groups -OCH3 is 1. The first kappa shape index (κ1) is 16.2. The van der Waals surface area contributed by atoms with Gasteiger partial charge >= 0.3 is 0 Å². The van der Waals surface area contributed by atoms with Gasteiger partial charge in [-0.2, -0.15) is 0 Å². The van der Waals surface area contributed by atoms with Crippen molar-refractivity contribution in [3.8, 4) is 11.5 Å². The van der Waals surface area contributed by atoms with Crippen LogP contribution in [0.15, 0.2) is 30.3 Å². The molecule has 0 fully saturated rings. The number of ether oxygens (including phenoxy) is 2. The van der Waals surface area contributed by atoms with E-state index < -0.39 is 11.6 Å². The molecule has 0 aliphatic rings. The Hall–Kier alpha value is -2.18. The van der Waals surface area contributed by atoms with Gasteiger partial charge in [-0.05, 0) is 29.8 Å². The average Bonchev–Trinajstić information content (AvgIpc) is 2.55. The Kier molecular flexibility index (Phi) is 5.30. The lowest BCUT2D eigenvalue weighted by Gasteiger charge is -2.16. The summed E-state index contributed by atoms with van der Waals surface area (Å²) in [5.41, 5.74) is 1.31. The van der Waals surface area contributed by atoms with E-state index in [0.29, 0.717) is 28.2 Å². The summed E-state index contributed by atoms with van der Waals surface area (Å²) >= 11 is 0. The average molecular weight is 310 g/mol. The molecule has 0 amide bonds. The number of benzene rings is 2. The number of halogens is 2. The Labute approximate surface area is 126 Å². The molecule has 2 rings (SSSR count). The van der Waals surface area contributed by atoms with Crippen molar-refractivity contribution >= 4 is 0 Å². The standard InChI is InChI=1S/C16H16F2O4/c1-21-13-5-11(7-19)16(12(6-13)8-20)22-9-10-2-3-14(17)15(18)4-10/h2-6,19-20H,7-9H2,1H3. The Morgan fingerprint density at radius 3 is 2.09 bits per heavy atom. The van der Waals surface area contributed by atoms with Gasteiger partial charge in [0, 0.05) is 11.1 Å². The van der Waals surface area contributed by atoms with Crippen LogP contribution >= 0.6 is 0 Å². The smallest absolute Gasteiger partial charge is 0.159 e. The quantitative estimate of drug-likeness (QED) is 0.861. The normalized spacial score (nSPS) is 10.6. The van der Waals surface area contributed by atoms with Crippen LogP contribution in [0, 0.1) is 11.6 Å². The first-order chi connectivity index (χ1) is 10.6. The van der Waals surface area contributed by atoms with Gasteiger partial charge in [-0.3, -0.25) is 0 Å². The Balaban J connectivity index is 2.26. The van der Waals surface area contributed by atoms with E-state index in [1.165, 1.54) is 13.2 Å². The van der Waals surface area contributed by atoms with E-state index in [0.717, 1.165) is 12.1 Å². The molecule has 4 nitrogen and oxygen atoms in total. The number of hydrogen-bond acceptors (Lipinski definition) is 4. The molecule has 6 heteroatoms. The fourth-order valence-electron chi connectivity index (χ4n) is 2.05. The second kappa shape index (κ2) is 7.20. The van der Waals surface area contributed by atoms with Crippen molar-refractivity contribution in [2.75, 3.05) is 7.11 Å².